The van der Waals surface area contributed by atoms with Gasteiger partial charge in [0, 0.05) is 4.88 Å². The fourth-order valence-electron chi connectivity index (χ4n) is 1.12. The maximum absolute atomic E-state index is 3.97. The summed E-state index contributed by atoms with van der Waals surface area (Å²) < 4.78 is 1.80. The molecule has 82 valence electrons. The minimum atomic E-state index is 0.724. The Morgan fingerprint density at radius 2 is 2.50 bits per heavy atom. The van der Waals surface area contributed by atoms with Crippen molar-refractivity contribution < 1.29 is 0 Å². The van der Waals surface area contributed by atoms with E-state index in [1.54, 1.807) is 27.8 Å². The molecule has 2 aromatic rings. The highest BCUT2D eigenvalue weighted by Gasteiger charge is 2.06. The van der Waals surface area contributed by atoms with Gasteiger partial charge in [-0.3, -0.25) is 0 Å². The molecule has 6 heteroatoms. The predicted molar refractivity (Wildman–Crippen MR) is 65.4 cm³/mol. The van der Waals surface area contributed by atoms with Crippen LogP contribution in [0.4, 0.5) is 0 Å². The number of tetrazole rings is 1. The van der Waals surface area contributed by atoms with Crippen molar-refractivity contribution in [2.45, 2.75) is 18.6 Å². The van der Waals surface area contributed by atoms with Gasteiger partial charge < -0.3 is 0 Å². The molecule has 0 saturated carbocycles. The molecule has 0 fully saturated rings. The summed E-state index contributed by atoms with van der Waals surface area (Å²) in [6.07, 6.45) is 0. The van der Waals surface area contributed by atoms with Crippen molar-refractivity contribution in [2.75, 3.05) is 5.75 Å². The monoisotopic (exact) mass is 250 g/mol. The Balaban J connectivity index is 2.03. The van der Waals surface area contributed by atoms with Crippen molar-refractivity contribution in [1.82, 2.24) is 20.2 Å². The highest BCUT2D eigenvalue weighted by atomic mass is 32.2. The zero-order valence-electron chi connectivity index (χ0n) is 8.75. The molecule has 0 N–H and O–H groups in total. The Labute approximate surface area is 102 Å². The van der Waals surface area contributed by atoms with Gasteiger partial charge in [-0.25, -0.2) is 4.68 Å². The lowest BCUT2D eigenvalue weighted by atomic mass is 10.5. The Bertz CT molecular complexity index is 492. The third-order valence-corrected chi connectivity index (χ3v) is 3.54. The van der Waals surface area contributed by atoms with Crippen LogP contribution in [0.2, 0.25) is 0 Å². The molecule has 2 aromatic heterocycles. The molecule has 0 amide bonds. The summed E-state index contributed by atoms with van der Waals surface area (Å²) in [5, 5.41) is 14.5. The largest absolute Gasteiger partial charge is 0.215 e. The smallest absolute Gasteiger partial charge is 0.210 e. The van der Waals surface area contributed by atoms with Gasteiger partial charge in [0.05, 0.1) is 12.3 Å². The molecule has 0 aliphatic rings. The number of rotatable bonds is 4. The van der Waals surface area contributed by atoms with Crippen LogP contribution in [0.15, 0.2) is 22.7 Å². The average molecular weight is 250 g/mol. The topological polar surface area (TPSA) is 43.6 Å². The van der Waals surface area contributed by atoms with Crippen LogP contribution in [0.3, 0.4) is 0 Å². The fourth-order valence-corrected chi connectivity index (χ4v) is 2.50. The first-order chi connectivity index (χ1) is 7.90. The van der Waals surface area contributed by atoms with Crippen LogP contribution in [0.25, 0.3) is 0 Å². The second kappa shape index (κ2) is 5.68. The third-order valence-electron chi connectivity index (χ3n) is 1.83. The molecule has 0 aliphatic heterocycles. The van der Waals surface area contributed by atoms with Crippen molar-refractivity contribution in [3.63, 3.8) is 0 Å². The molecule has 0 atom stereocenters. The zero-order chi connectivity index (χ0) is 11.2. The van der Waals surface area contributed by atoms with Gasteiger partial charge in [0.2, 0.25) is 5.16 Å². The first kappa shape index (κ1) is 11.2. The molecular formula is C10H10N4S2. The van der Waals surface area contributed by atoms with Crippen molar-refractivity contribution in [1.29, 1.82) is 0 Å². The van der Waals surface area contributed by atoms with Crippen LogP contribution in [-0.2, 0) is 6.54 Å². The van der Waals surface area contributed by atoms with Crippen molar-refractivity contribution >= 4 is 23.1 Å². The first-order valence-corrected chi connectivity index (χ1v) is 6.57. The lowest BCUT2D eigenvalue weighted by molar-refractivity contribution is 0.609. The molecule has 0 aromatic carbocycles. The van der Waals surface area contributed by atoms with E-state index in [2.05, 4.69) is 38.8 Å². The lowest BCUT2D eigenvalue weighted by Crippen LogP contribution is -2.02. The van der Waals surface area contributed by atoms with Crippen molar-refractivity contribution in [3.8, 4) is 11.8 Å². The van der Waals surface area contributed by atoms with Crippen LogP contribution in [0.1, 0.15) is 11.8 Å². The molecule has 0 aliphatic carbocycles. The standard InChI is InChI=1S/C10H10N4S2/c1-2-3-6-16-10-11-12-13-14(10)8-9-5-4-7-15-9/h4-5,7H,6,8H2,1H3. The summed E-state index contributed by atoms with van der Waals surface area (Å²) in [7, 11) is 0. The highest BCUT2D eigenvalue weighted by Crippen LogP contribution is 2.16. The molecule has 2 heterocycles. The molecule has 0 radical (unpaired) electrons. The number of thiophene rings is 1. The zero-order valence-corrected chi connectivity index (χ0v) is 10.4. The van der Waals surface area contributed by atoms with E-state index < -0.39 is 0 Å². The summed E-state index contributed by atoms with van der Waals surface area (Å²) >= 11 is 3.26. The van der Waals surface area contributed by atoms with Crippen molar-refractivity contribution in [3.05, 3.63) is 22.4 Å². The summed E-state index contributed by atoms with van der Waals surface area (Å²) in [6, 6.07) is 4.10. The third kappa shape index (κ3) is 2.84. The fraction of sp³-hybridized carbons (Fsp3) is 0.300. The molecular weight excluding hydrogens is 240 g/mol. The number of hydrogen-bond donors (Lipinski definition) is 0. The van der Waals surface area contributed by atoms with E-state index in [1.807, 2.05) is 13.0 Å². The second-order valence-electron chi connectivity index (χ2n) is 2.91. The number of thioether (sulfide) groups is 1. The minimum absolute atomic E-state index is 0.724. The average Bonchev–Trinajstić information content (AvgIpc) is 2.92. The predicted octanol–water partition coefficient (Wildman–Crippen LogP) is 1.90. The van der Waals surface area contributed by atoms with Gasteiger partial charge in [-0.1, -0.05) is 23.7 Å². The van der Waals surface area contributed by atoms with Crippen LogP contribution in [0, 0.1) is 11.8 Å². The van der Waals surface area contributed by atoms with E-state index in [9.17, 15) is 0 Å². The van der Waals surface area contributed by atoms with Gasteiger partial charge in [0.15, 0.2) is 0 Å². The van der Waals surface area contributed by atoms with Gasteiger partial charge in [-0.15, -0.1) is 22.4 Å². The van der Waals surface area contributed by atoms with Crippen LogP contribution in [0.5, 0.6) is 0 Å². The highest BCUT2D eigenvalue weighted by molar-refractivity contribution is 7.99. The van der Waals surface area contributed by atoms with Gasteiger partial charge in [0.25, 0.3) is 0 Å². The van der Waals surface area contributed by atoms with Gasteiger partial charge in [-0.05, 0) is 28.8 Å². The summed E-state index contributed by atoms with van der Waals surface area (Å²) in [6.45, 7) is 2.56. The normalized spacial score (nSPS) is 9.81. The molecule has 16 heavy (non-hydrogen) atoms. The molecule has 0 spiro atoms. The van der Waals surface area contributed by atoms with Crippen LogP contribution < -0.4 is 0 Å². The molecule has 0 unspecified atom stereocenters. The SMILES string of the molecule is CC#CCSc1nnnn1Cc1cccs1. The maximum atomic E-state index is 3.97. The van der Waals surface area contributed by atoms with E-state index in [4.69, 9.17) is 0 Å². The Morgan fingerprint density at radius 3 is 3.25 bits per heavy atom. The number of aromatic nitrogens is 4. The maximum Gasteiger partial charge on any atom is 0.210 e. The minimum Gasteiger partial charge on any atom is -0.215 e. The summed E-state index contributed by atoms with van der Waals surface area (Å²) in [5.74, 6) is 6.55. The van der Waals surface area contributed by atoms with Gasteiger partial charge >= 0.3 is 0 Å². The Morgan fingerprint density at radius 1 is 1.56 bits per heavy atom. The van der Waals surface area contributed by atoms with E-state index in [1.165, 1.54) is 4.88 Å². The summed E-state index contributed by atoms with van der Waals surface area (Å²) in [5.41, 5.74) is 0. The van der Waals surface area contributed by atoms with Crippen LogP contribution >= 0.6 is 23.1 Å². The molecule has 0 bridgehead atoms. The van der Waals surface area contributed by atoms with Crippen LogP contribution in [-0.4, -0.2) is 26.0 Å². The van der Waals surface area contributed by atoms with E-state index >= 15 is 0 Å². The van der Waals surface area contributed by atoms with Gasteiger partial charge in [0.1, 0.15) is 0 Å². The molecule has 2 rings (SSSR count). The Hall–Kier alpha value is -1.32. The van der Waals surface area contributed by atoms with Gasteiger partial charge in [-0.2, -0.15) is 0 Å². The quantitative estimate of drug-likeness (QED) is 0.614. The van der Waals surface area contributed by atoms with E-state index in [0.717, 1.165) is 17.5 Å². The first-order valence-electron chi connectivity index (χ1n) is 4.71. The van der Waals surface area contributed by atoms with E-state index in [-0.39, 0.29) is 0 Å². The Kier molecular flexibility index (Phi) is 3.97. The number of hydrogen-bond acceptors (Lipinski definition) is 5. The van der Waals surface area contributed by atoms with Crippen molar-refractivity contribution in [2.24, 2.45) is 0 Å². The van der Waals surface area contributed by atoms with E-state index in [0.29, 0.717) is 0 Å². The second-order valence-corrected chi connectivity index (χ2v) is 4.89. The molecule has 0 saturated heterocycles. The number of nitrogens with zero attached hydrogens (tertiary/aromatic N) is 4. The summed E-state index contributed by atoms with van der Waals surface area (Å²) in [4.78, 5) is 1.25. The lowest BCUT2D eigenvalue weighted by Gasteiger charge is -1.99. The molecule has 4 nitrogen and oxygen atoms in total.